The van der Waals surface area contributed by atoms with E-state index in [1.165, 1.54) is 18.2 Å². The van der Waals surface area contributed by atoms with E-state index in [1.807, 2.05) is 0 Å². The van der Waals surface area contributed by atoms with Gasteiger partial charge in [0.25, 0.3) is 5.91 Å². The van der Waals surface area contributed by atoms with Gasteiger partial charge in [0.05, 0.1) is 4.92 Å². The molecule has 0 aliphatic heterocycles. The summed E-state index contributed by atoms with van der Waals surface area (Å²) in [5, 5.41) is 13.6. The Kier molecular flexibility index (Phi) is 6.45. The Labute approximate surface area is 123 Å². The van der Waals surface area contributed by atoms with Crippen molar-refractivity contribution in [2.75, 3.05) is 6.54 Å². The summed E-state index contributed by atoms with van der Waals surface area (Å²) >= 11 is 5.77. The zero-order valence-corrected chi connectivity index (χ0v) is 12.4. The fourth-order valence-corrected chi connectivity index (χ4v) is 2.10. The number of nitro groups is 1. The number of hydrogen-bond acceptors (Lipinski definition) is 3. The molecule has 1 rings (SSSR count). The van der Waals surface area contributed by atoms with Crippen LogP contribution in [-0.2, 0) is 0 Å². The van der Waals surface area contributed by atoms with Crippen LogP contribution in [0.25, 0.3) is 0 Å². The Balaban J connectivity index is 2.60. The number of carbonyl (C=O) groups excluding carboxylic acids is 1. The number of rotatable bonds is 7. The monoisotopic (exact) mass is 298 g/mol. The second-order valence-electron chi connectivity index (χ2n) is 5.04. The molecule has 0 bridgehead atoms. The molecular weight excluding hydrogens is 280 g/mol. The van der Waals surface area contributed by atoms with E-state index < -0.39 is 10.8 Å². The molecule has 0 heterocycles. The van der Waals surface area contributed by atoms with E-state index in [9.17, 15) is 14.9 Å². The highest BCUT2D eigenvalue weighted by molar-refractivity contribution is 6.33. The molecule has 0 aliphatic carbocycles. The number of carbonyl (C=O) groups is 1. The smallest absolute Gasteiger partial charge is 0.300 e. The van der Waals surface area contributed by atoms with Crippen LogP contribution >= 0.6 is 11.6 Å². The Morgan fingerprint density at radius 2 is 2.10 bits per heavy atom. The van der Waals surface area contributed by atoms with Gasteiger partial charge in [-0.3, -0.25) is 14.9 Å². The van der Waals surface area contributed by atoms with Gasteiger partial charge < -0.3 is 5.32 Å². The Hall–Kier alpha value is -1.62. The molecule has 0 saturated carbocycles. The third-order valence-electron chi connectivity index (χ3n) is 2.91. The third kappa shape index (κ3) is 4.81. The molecule has 0 unspecified atom stereocenters. The zero-order valence-electron chi connectivity index (χ0n) is 11.7. The summed E-state index contributed by atoms with van der Waals surface area (Å²) in [6.07, 6.45) is 2.99. The second kappa shape index (κ2) is 7.85. The summed E-state index contributed by atoms with van der Waals surface area (Å²) < 4.78 is 0. The molecule has 0 aromatic heterocycles. The lowest BCUT2D eigenvalue weighted by Gasteiger charge is -2.07. The van der Waals surface area contributed by atoms with E-state index in [4.69, 9.17) is 11.6 Å². The van der Waals surface area contributed by atoms with Crippen molar-refractivity contribution < 1.29 is 9.72 Å². The van der Waals surface area contributed by atoms with Crippen LogP contribution in [0.3, 0.4) is 0 Å². The van der Waals surface area contributed by atoms with E-state index in [0.29, 0.717) is 12.5 Å². The van der Waals surface area contributed by atoms with Crippen LogP contribution < -0.4 is 5.32 Å². The summed E-state index contributed by atoms with van der Waals surface area (Å²) in [7, 11) is 0. The summed E-state index contributed by atoms with van der Waals surface area (Å²) in [6.45, 7) is 4.80. The van der Waals surface area contributed by atoms with Crippen molar-refractivity contribution in [1.29, 1.82) is 0 Å². The van der Waals surface area contributed by atoms with Crippen LogP contribution in [0, 0.1) is 16.0 Å². The Morgan fingerprint density at radius 1 is 1.40 bits per heavy atom. The van der Waals surface area contributed by atoms with Gasteiger partial charge in [-0.25, -0.2) is 0 Å². The predicted octanol–water partition coefficient (Wildman–Crippen LogP) is 3.80. The van der Waals surface area contributed by atoms with Crippen LogP contribution in [0.5, 0.6) is 0 Å². The van der Waals surface area contributed by atoms with Crippen molar-refractivity contribution in [3.05, 3.63) is 38.9 Å². The van der Waals surface area contributed by atoms with E-state index in [2.05, 4.69) is 19.2 Å². The maximum atomic E-state index is 11.9. The molecule has 0 saturated heterocycles. The van der Waals surface area contributed by atoms with Gasteiger partial charge in [-0.15, -0.1) is 0 Å². The van der Waals surface area contributed by atoms with Gasteiger partial charge in [0, 0.05) is 6.54 Å². The number of unbranched alkanes of at least 4 members (excludes halogenated alkanes) is 1. The third-order valence-corrected chi connectivity index (χ3v) is 3.21. The van der Waals surface area contributed by atoms with Crippen LogP contribution in [-0.4, -0.2) is 17.4 Å². The lowest BCUT2D eigenvalue weighted by Crippen LogP contribution is -2.25. The van der Waals surface area contributed by atoms with E-state index >= 15 is 0 Å². The number of nitrogens with one attached hydrogen (secondary N) is 1. The molecule has 0 fully saturated rings. The normalized spacial score (nSPS) is 10.6. The molecule has 110 valence electrons. The Morgan fingerprint density at radius 3 is 2.70 bits per heavy atom. The van der Waals surface area contributed by atoms with E-state index in [0.717, 1.165) is 19.3 Å². The number of nitrogens with zero attached hydrogens (tertiary/aromatic N) is 1. The Bertz CT molecular complexity index is 489. The van der Waals surface area contributed by atoms with Gasteiger partial charge in [0.15, 0.2) is 0 Å². The molecule has 0 atom stereocenters. The van der Waals surface area contributed by atoms with Crippen molar-refractivity contribution in [2.45, 2.75) is 33.1 Å². The number of para-hydroxylation sites is 1. The summed E-state index contributed by atoms with van der Waals surface area (Å²) in [6, 6.07) is 4.34. The van der Waals surface area contributed by atoms with Gasteiger partial charge >= 0.3 is 5.69 Å². The molecule has 0 aliphatic rings. The molecule has 1 aromatic carbocycles. The van der Waals surface area contributed by atoms with Gasteiger partial charge in [0.1, 0.15) is 10.6 Å². The van der Waals surface area contributed by atoms with Crippen LogP contribution in [0.1, 0.15) is 43.5 Å². The first-order valence-corrected chi connectivity index (χ1v) is 7.02. The van der Waals surface area contributed by atoms with Gasteiger partial charge in [-0.1, -0.05) is 44.4 Å². The van der Waals surface area contributed by atoms with Crippen molar-refractivity contribution in [2.24, 2.45) is 5.92 Å². The zero-order chi connectivity index (χ0) is 15.1. The number of hydrogen-bond donors (Lipinski definition) is 1. The molecular formula is C14H19ClN2O3. The standard InChI is InChI=1S/C14H19ClN2O3/c1-10(2)6-3-4-9-16-14(18)11-7-5-8-12(15)13(11)17(19)20/h5,7-8,10H,3-4,6,9H2,1-2H3,(H,16,18). The quantitative estimate of drug-likeness (QED) is 0.473. The number of amides is 1. The topological polar surface area (TPSA) is 72.2 Å². The largest absolute Gasteiger partial charge is 0.352 e. The predicted molar refractivity (Wildman–Crippen MR) is 79.1 cm³/mol. The lowest BCUT2D eigenvalue weighted by molar-refractivity contribution is -0.385. The minimum Gasteiger partial charge on any atom is -0.352 e. The molecule has 6 heteroatoms. The highest BCUT2D eigenvalue weighted by Gasteiger charge is 2.23. The maximum absolute atomic E-state index is 11.9. The van der Waals surface area contributed by atoms with Crippen molar-refractivity contribution in [3.8, 4) is 0 Å². The minimum absolute atomic E-state index is 0.00589. The fraction of sp³-hybridized carbons (Fsp3) is 0.500. The van der Waals surface area contributed by atoms with Crippen LogP contribution in [0.2, 0.25) is 5.02 Å². The highest BCUT2D eigenvalue weighted by Crippen LogP contribution is 2.27. The summed E-state index contributed by atoms with van der Waals surface area (Å²) in [5.74, 6) is 0.184. The SMILES string of the molecule is CC(C)CCCCNC(=O)c1cccc(Cl)c1[N+](=O)[O-]. The van der Waals surface area contributed by atoms with Crippen molar-refractivity contribution >= 4 is 23.2 Å². The molecule has 0 radical (unpaired) electrons. The van der Waals surface area contributed by atoms with Crippen LogP contribution in [0.4, 0.5) is 5.69 Å². The molecule has 0 spiro atoms. The van der Waals surface area contributed by atoms with E-state index in [-0.39, 0.29) is 16.3 Å². The molecule has 1 amide bonds. The second-order valence-corrected chi connectivity index (χ2v) is 5.45. The van der Waals surface area contributed by atoms with Gasteiger partial charge in [0.2, 0.25) is 0 Å². The average Bonchev–Trinajstić information content (AvgIpc) is 2.36. The average molecular weight is 299 g/mol. The summed E-state index contributed by atoms with van der Waals surface area (Å²) in [5.41, 5.74) is -0.333. The fourth-order valence-electron chi connectivity index (χ4n) is 1.86. The molecule has 20 heavy (non-hydrogen) atoms. The maximum Gasteiger partial charge on any atom is 0.300 e. The summed E-state index contributed by atoms with van der Waals surface area (Å²) in [4.78, 5) is 22.3. The van der Waals surface area contributed by atoms with E-state index in [1.54, 1.807) is 0 Å². The molecule has 1 N–H and O–H groups in total. The van der Waals surface area contributed by atoms with Crippen molar-refractivity contribution in [1.82, 2.24) is 5.32 Å². The first-order valence-electron chi connectivity index (χ1n) is 6.64. The number of nitro benzene ring substituents is 1. The molecule has 5 nitrogen and oxygen atoms in total. The van der Waals surface area contributed by atoms with Gasteiger partial charge in [-0.05, 0) is 24.5 Å². The lowest BCUT2D eigenvalue weighted by atomic mass is 10.1. The minimum atomic E-state index is -0.629. The molecule has 1 aromatic rings. The van der Waals surface area contributed by atoms with Crippen molar-refractivity contribution in [3.63, 3.8) is 0 Å². The first-order chi connectivity index (χ1) is 9.43. The number of benzene rings is 1. The number of halogens is 1. The first kappa shape index (κ1) is 16.4. The van der Waals surface area contributed by atoms with Gasteiger partial charge in [-0.2, -0.15) is 0 Å². The highest BCUT2D eigenvalue weighted by atomic mass is 35.5. The van der Waals surface area contributed by atoms with Crippen LogP contribution in [0.15, 0.2) is 18.2 Å².